The quantitative estimate of drug-likeness (QED) is 0.104. The molecule has 49 heavy (non-hydrogen) atoms. The van der Waals surface area contributed by atoms with Crippen molar-refractivity contribution in [3.63, 3.8) is 0 Å². The first-order chi connectivity index (χ1) is 24.2. The highest BCUT2D eigenvalue weighted by atomic mass is 16.1. The van der Waals surface area contributed by atoms with Gasteiger partial charge in [0.25, 0.3) is 0 Å². The van der Waals surface area contributed by atoms with Crippen LogP contribution in [0.1, 0.15) is 22.6 Å². The van der Waals surface area contributed by atoms with Gasteiger partial charge in [-0.25, -0.2) is 0 Å². The molecule has 0 N–H and O–H groups in total. The van der Waals surface area contributed by atoms with E-state index in [4.69, 9.17) is 0 Å². The van der Waals surface area contributed by atoms with Crippen LogP contribution in [0, 0.1) is 0 Å². The average molecular weight is 631 g/mol. The molecule has 7 aromatic carbocycles. The highest BCUT2D eigenvalue weighted by Crippen LogP contribution is 2.38. The Morgan fingerprint density at radius 3 is 1.49 bits per heavy atom. The van der Waals surface area contributed by atoms with Gasteiger partial charge in [-0.15, -0.1) is 0 Å². The Hall–Kier alpha value is -6.52. The zero-order valence-electron chi connectivity index (χ0n) is 26.5. The lowest BCUT2D eigenvalue weighted by Crippen LogP contribution is -2.14. The number of hydrogen-bond donors (Lipinski definition) is 0. The third-order valence-corrected chi connectivity index (χ3v) is 9.63. The average Bonchev–Trinajstić information content (AvgIpc) is 3.17. The van der Waals surface area contributed by atoms with Gasteiger partial charge in [-0.2, -0.15) is 0 Å². The van der Waals surface area contributed by atoms with Crippen molar-refractivity contribution in [2.75, 3.05) is 4.90 Å². The van der Waals surface area contributed by atoms with Gasteiger partial charge in [0.05, 0.1) is 16.6 Å². The molecule has 9 aromatic rings. The fourth-order valence-corrected chi connectivity index (χ4v) is 7.42. The molecule has 2 aromatic heterocycles. The summed E-state index contributed by atoms with van der Waals surface area (Å²) in [6.45, 7) is 0. The van der Waals surface area contributed by atoms with E-state index in [0.717, 1.165) is 44.8 Å². The minimum Gasteiger partial charge on any atom is -0.311 e. The number of pyridine rings is 2. The zero-order valence-corrected chi connectivity index (χ0v) is 26.5. The van der Waals surface area contributed by atoms with Gasteiger partial charge in [0.1, 0.15) is 0 Å². The molecule has 4 heteroatoms. The maximum atomic E-state index is 14.0. The van der Waals surface area contributed by atoms with Crippen LogP contribution in [0.4, 0.5) is 17.1 Å². The SMILES string of the molecule is O=c1c2ccccc2n2c3cc(C(c4ccccc4)c4ccc(N(c5ccccc5)c5ccccc5)cc4)ccc3c(=O)c3cccc1c32. The van der Waals surface area contributed by atoms with Crippen LogP contribution in [0.5, 0.6) is 0 Å². The van der Waals surface area contributed by atoms with Crippen LogP contribution < -0.4 is 15.8 Å². The highest BCUT2D eigenvalue weighted by Gasteiger charge is 2.22. The monoisotopic (exact) mass is 630 g/mol. The van der Waals surface area contributed by atoms with E-state index in [1.54, 1.807) is 6.07 Å². The molecular formula is C45H30N2O2. The molecular weight excluding hydrogens is 601 g/mol. The molecule has 0 aliphatic rings. The molecule has 0 aliphatic carbocycles. The molecule has 232 valence electrons. The molecule has 0 bridgehead atoms. The van der Waals surface area contributed by atoms with Crippen LogP contribution in [0.3, 0.4) is 0 Å². The number of para-hydroxylation sites is 4. The molecule has 9 rings (SSSR count). The zero-order chi connectivity index (χ0) is 32.9. The van der Waals surface area contributed by atoms with Crippen molar-refractivity contribution in [2.24, 2.45) is 0 Å². The maximum absolute atomic E-state index is 14.0. The molecule has 0 saturated heterocycles. The fraction of sp³-hybridized carbons (Fsp3) is 0.0222. The van der Waals surface area contributed by atoms with Crippen molar-refractivity contribution in [1.82, 2.24) is 4.40 Å². The summed E-state index contributed by atoms with van der Waals surface area (Å²) in [5.41, 5.74) is 8.70. The molecule has 1 atom stereocenters. The molecule has 0 aliphatic heterocycles. The van der Waals surface area contributed by atoms with E-state index in [1.165, 1.54) is 0 Å². The van der Waals surface area contributed by atoms with Crippen LogP contribution in [0.25, 0.3) is 38.1 Å². The second kappa shape index (κ2) is 11.6. The topological polar surface area (TPSA) is 41.8 Å². The standard InChI is InChI=1S/C45H30N2O2/c48-44-36-19-10-11-22-40(36)47-41-29-32(25-28-37(41)45(49)39-21-12-20-38(44)43(39)47)42(30-13-4-1-5-14-30)31-23-26-35(27-24-31)46(33-15-6-2-7-16-33)34-17-8-3-9-18-34/h1-29,42H. The number of anilines is 3. The Morgan fingerprint density at radius 1 is 0.388 bits per heavy atom. The van der Waals surface area contributed by atoms with Crippen molar-refractivity contribution in [2.45, 2.75) is 5.92 Å². The Bertz CT molecular complexity index is 2690. The smallest absolute Gasteiger partial charge is 0.197 e. The third-order valence-electron chi connectivity index (χ3n) is 9.63. The molecule has 0 radical (unpaired) electrons. The predicted molar refractivity (Wildman–Crippen MR) is 202 cm³/mol. The van der Waals surface area contributed by atoms with E-state index in [0.29, 0.717) is 27.1 Å². The third kappa shape index (κ3) is 4.68. The molecule has 0 fully saturated rings. The highest BCUT2D eigenvalue weighted by molar-refractivity contribution is 6.07. The second-order valence-electron chi connectivity index (χ2n) is 12.4. The van der Waals surface area contributed by atoms with Crippen molar-refractivity contribution in [3.05, 3.63) is 213 Å². The van der Waals surface area contributed by atoms with Gasteiger partial charge in [0.2, 0.25) is 0 Å². The number of hydrogen-bond acceptors (Lipinski definition) is 3. The van der Waals surface area contributed by atoms with E-state index >= 15 is 0 Å². The summed E-state index contributed by atoms with van der Waals surface area (Å²) in [5.74, 6) is -0.101. The van der Waals surface area contributed by atoms with Gasteiger partial charge >= 0.3 is 0 Å². The Kier molecular flexibility index (Phi) is 6.80. The first-order valence-corrected chi connectivity index (χ1v) is 16.5. The van der Waals surface area contributed by atoms with Crippen LogP contribution in [-0.4, -0.2) is 4.40 Å². The van der Waals surface area contributed by atoms with Gasteiger partial charge in [0, 0.05) is 44.5 Å². The predicted octanol–water partition coefficient (Wildman–Crippen LogP) is 10.2. The first kappa shape index (κ1) is 28.7. The fourth-order valence-electron chi connectivity index (χ4n) is 7.42. The van der Waals surface area contributed by atoms with Gasteiger partial charge in [-0.1, -0.05) is 103 Å². The van der Waals surface area contributed by atoms with Crippen LogP contribution in [0.15, 0.2) is 186 Å². The van der Waals surface area contributed by atoms with E-state index in [9.17, 15) is 9.59 Å². The maximum Gasteiger partial charge on any atom is 0.197 e. The summed E-state index contributed by atoms with van der Waals surface area (Å²) in [6.07, 6.45) is 0. The van der Waals surface area contributed by atoms with Gasteiger partial charge in [0.15, 0.2) is 10.9 Å². The summed E-state index contributed by atoms with van der Waals surface area (Å²) >= 11 is 0. The minimum absolute atomic E-state index is 0.0570. The number of nitrogens with zero attached hydrogens (tertiary/aromatic N) is 2. The first-order valence-electron chi connectivity index (χ1n) is 16.5. The summed E-state index contributed by atoms with van der Waals surface area (Å²) in [4.78, 5) is 29.9. The number of aromatic nitrogens is 1. The van der Waals surface area contributed by atoms with E-state index in [2.05, 4.69) is 118 Å². The minimum atomic E-state index is -0.101. The summed E-state index contributed by atoms with van der Waals surface area (Å²) in [5, 5.41) is 2.37. The van der Waals surface area contributed by atoms with Crippen molar-refractivity contribution in [1.29, 1.82) is 0 Å². The lowest BCUT2D eigenvalue weighted by atomic mass is 9.84. The normalized spacial score (nSPS) is 12.2. The van der Waals surface area contributed by atoms with Gasteiger partial charge in [-0.05, 0) is 89.5 Å². The summed E-state index contributed by atoms with van der Waals surface area (Å²) < 4.78 is 2.12. The molecule has 0 saturated carbocycles. The van der Waals surface area contributed by atoms with Crippen molar-refractivity contribution >= 4 is 55.2 Å². The van der Waals surface area contributed by atoms with E-state index in [1.807, 2.05) is 60.7 Å². The lowest BCUT2D eigenvalue weighted by Gasteiger charge is -2.26. The summed E-state index contributed by atoms with van der Waals surface area (Å²) in [7, 11) is 0. The van der Waals surface area contributed by atoms with Gasteiger partial charge in [-0.3, -0.25) is 9.59 Å². The van der Waals surface area contributed by atoms with Crippen molar-refractivity contribution < 1.29 is 0 Å². The van der Waals surface area contributed by atoms with Crippen LogP contribution >= 0.6 is 0 Å². The molecule has 2 heterocycles. The largest absolute Gasteiger partial charge is 0.311 e. The lowest BCUT2D eigenvalue weighted by molar-refractivity contribution is 0.978. The Labute approximate surface area is 282 Å². The second-order valence-corrected chi connectivity index (χ2v) is 12.4. The Balaban J connectivity index is 1.26. The van der Waals surface area contributed by atoms with Crippen LogP contribution in [-0.2, 0) is 0 Å². The van der Waals surface area contributed by atoms with E-state index in [-0.39, 0.29) is 16.8 Å². The van der Waals surface area contributed by atoms with Crippen molar-refractivity contribution in [3.8, 4) is 0 Å². The number of fused-ring (bicyclic) bond motifs is 4. The van der Waals surface area contributed by atoms with E-state index < -0.39 is 0 Å². The Morgan fingerprint density at radius 2 is 0.857 bits per heavy atom. The van der Waals surface area contributed by atoms with Crippen LogP contribution in [0.2, 0.25) is 0 Å². The number of rotatable bonds is 6. The number of benzene rings is 7. The molecule has 0 spiro atoms. The molecule has 4 nitrogen and oxygen atoms in total. The molecule has 1 unspecified atom stereocenters. The van der Waals surface area contributed by atoms with Gasteiger partial charge < -0.3 is 9.30 Å². The summed E-state index contributed by atoms with van der Waals surface area (Å²) in [6, 6.07) is 59.4. The molecule has 0 amide bonds.